The summed E-state index contributed by atoms with van der Waals surface area (Å²) in [7, 11) is 0. The summed E-state index contributed by atoms with van der Waals surface area (Å²) in [4.78, 5) is 13.0. The molecule has 1 aliphatic heterocycles. The predicted octanol–water partition coefficient (Wildman–Crippen LogP) is 3.56. The van der Waals surface area contributed by atoms with Crippen LogP contribution in [0.3, 0.4) is 0 Å². The van der Waals surface area contributed by atoms with Gasteiger partial charge in [0.2, 0.25) is 0 Å². The zero-order valence-electron chi connectivity index (χ0n) is 11.7. The molecular formula is C15H19Cl2NO3. The number of carboxylic acid groups (broad SMARTS) is 1. The fraction of sp³-hybridized carbons (Fsp3) is 0.533. The lowest BCUT2D eigenvalue weighted by Gasteiger charge is -2.31. The van der Waals surface area contributed by atoms with Crippen molar-refractivity contribution < 1.29 is 14.6 Å². The molecule has 0 spiro atoms. The zero-order chi connectivity index (χ0) is 15.2. The van der Waals surface area contributed by atoms with E-state index in [-0.39, 0.29) is 6.42 Å². The monoisotopic (exact) mass is 331 g/mol. The van der Waals surface area contributed by atoms with Crippen molar-refractivity contribution in [2.24, 2.45) is 5.92 Å². The van der Waals surface area contributed by atoms with Gasteiger partial charge in [0.1, 0.15) is 6.61 Å². The highest BCUT2D eigenvalue weighted by Crippen LogP contribution is 2.32. The molecular weight excluding hydrogens is 313 g/mol. The highest BCUT2D eigenvalue weighted by Gasteiger charge is 2.21. The van der Waals surface area contributed by atoms with Gasteiger partial charge >= 0.3 is 5.97 Å². The highest BCUT2D eigenvalue weighted by molar-refractivity contribution is 6.37. The molecule has 21 heavy (non-hydrogen) atoms. The van der Waals surface area contributed by atoms with Crippen LogP contribution in [0.15, 0.2) is 18.2 Å². The number of carboxylic acids is 1. The summed E-state index contributed by atoms with van der Waals surface area (Å²) in [6.45, 7) is 3.14. The molecule has 1 aromatic rings. The average molecular weight is 332 g/mol. The van der Waals surface area contributed by atoms with Crippen LogP contribution >= 0.6 is 23.2 Å². The Morgan fingerprint density at radius 2 is 1.90 bits per heavy atom. The molecule has 1 N–H and O–H groups in total. The topological polar surface area (TPSA) is 49.8 Å². The summed E-state index contributed by atoms with van der Waals surface area (Å²) in [6.07, 6.45) is 2.14. The Balaban J connectivity index is 1.72. The van der Waals surface area contributed by atoms with Crippen LogP contribution in [-0.2, 0) is 4.79 Å². The van der Waals surface area contributed by atoms with E-state index < -0.39 is 5.97 Å². The van der Waals surface area contributed by atoms with Gasteiger partial charge in [-0.25, -0.2) is 0 Å². The van der Waals surface area contributed by atoms with Crippen LogP contribution in [0.2, 0.25) is 10.0 Å². The number of para-hydroxylation sites is 1. The van der Waals surface area contributed by atoms with Crippen molar-refractivity contribution in [3.63, 3.8) is 0 Å². The normalized spacial score (nSPS) is 16.9. The van der Waals surface area contributed by atoms with Gasteiger partial charge in [-0.3, -0.25) is 9.69 Å². The maximum Gasteiger partial charge on any atom is 0.303 e. The number of hydrogen-bond donors (Lipinski definition) is 1. The van der Waals surface area contributed by atoms with E-state index in [4.69, 9.17) is 33.0 Å². The molecule has 1 saturated heterocycles. The molecule has 0 unspecified atom stereocenters. The minimum Gasteiger partial charge on any atom is -0.489 e. The summed E-state index contributed by atoms with van der Waals surface area (Å²) in [6, 6.07) is 5.28. The van der Waals surface area contributed by atoms with E-state index in [1.165, 1.54) is 0 Å². The van der Waals surface area contributed by atoms with E-state index in [1.54, 1.807) is 18.2 Å². The molecule has 4 nitrogen and oxygen atoms in total. The van der Waals surface area contributed by atoms with E-state index in [2.05, 4.69) is 4.90 Å². The molecule has 1 heterocycles. The van der Waals surface area contributed by atoms with Gasteiger partial charge in [0, 0.05) is 13.0 Å². The Labute approximate surface area is 134 Å². The molecule has 0 saturated carbocycles. The number of ether oxygens (including phenoxy) is 1. The predicted molar refractivity (Wildman–Crippen MR) is 83.4 cm³/mol. The molecule has 6 heteroatoms. The van der Waals surface area contributed by atoms with Crippen molar-refractivity contribution in [3.8, 4) is 5.75 Å². The van der Waals surface area contributed by atoms with Crippen LogP contribution < -0.4 is 4.74 Å². The van der Waals surface area contributed by atoms with Crippen molar-refractivity contribution in [2.45, 2.75) is 19.3 Å². The first kappa shape index (κ1) is 16.4. The van der Waals surface area contributed by atoms with Gasteiger partial charge in [0.15, 0.2) is 5.75 Å². The first-order valence-corrected chi connectivity index (χ1v) is 7.83. The number of hydrogen-bond acceptors (Lipinski definition) is 3. The highest BCUT2D eigenvalue weighted by atomic mass is 35.5. The molecule has 0 amide bonds. The molecule has 1 aliphatic rings. The van der Waals surface area contributed by atoms with E-state index in [0.717, 1.165) is 32.5 Å². The first-order valence-electron chi connectivity index (χ1n) is 7.07. The second-order valence-electron chi connectivity index (χ2n) is 5.28. The smallest absolute Gasteiger partial charge is 0.303 e. The van der Waals surface area contributed by atoms with Crippen LogP contribution in [0.1, 0.15) is 19.3 Å². The molecule has 0 bridgehead atoms. The molecule has 0 aliphatic carbocycles. The Morgan fingerprint density at radius 3 is 2.48 bits per heavy atom. The van der Waals surface area contributed by atoms with Crippen LogP contribution in [0.5, 0.6) is 5.75 Å². The number of rotatable bonds is 6. The van der Waals surface area contributed by atoms with E-state index in [0.29, 0.717) is 28.3 Å². The molecule has 1 fully saturated rings. The fourth-order valence-electron chi connectivity index (χ4n) is 2.56. The Hall–Kier alpha value is -0.970. The van der Waals surface area contributed by atoms with Crippen LogP contribution in [0.4, 0.5) is 0 Å². The van der Waals surface area contributed by atoms with Gasteiger partial charge in [0.05, 0.1) is 10.0 Å². The summed E-state index contributed by atoms with van der Waals surface area (Å²) < 4.78 is 5.66. The summed E-state index contributed by atoms with van der Waals surface area (Å²) in [5.74, 6) is 0.129. The van der Waals surface area contributed by atoms with E-state index >= 15 is 0 Å². The average Bonchev–Trinajstić information content (AvgIpc) is 2.43. The second kappa shape index (κ2) is 7.87. The van der Waals surface area contributed by atoms with E-state index in [1.807, 2.05) is 0 Å². The second-order valence-corrected chi connectivity index (χ2v) is 6.10. The van der Waals surface area contributed by atoms with Crippen LogP contribution in [0.25, 0.3) is 0 Å². The zero-order valence-corrected chi connectivity index (χ0v) is 13.2. The maximum absolute atomic E-state index is 10.7. The third-order valence-electron chi connectivity index (χ3n) is 3.74. The number of aliphatic carboxylic acids is 1. The Morgan fingerprint density at radius 1 is 1.29 bits per heavy atom. The molecule has 0 aromatic heterocycles. The number of nitrogens with zero attached hydrogens (tertiary/aromatic N) is 1. The van der Waals surface area contributed by atoms with Gasteiger partial charge in [0.25, 0.3) is 0 Å². The molecule has 116 valence electrons. The summed E-state index contributed by atoms with van der Waals surface area (Å²) in [5.41, 5.74) is 0. The fourth-order valence-corrected chi connectivity index (χ4v) is 3.06. The lowest BCUT2D eigenvalue weighted by atomic mass is 9.94. The number of carbonyl (C=O) groups is 1. The van der Waals surface area contributed by atoms with Gasteiger partial charge < -0.3 is 9.84 Å². The number of benzene rings is 1. The first-order chi connectivity index (χ1) is 10.1. The molecule has 2 rings (SSSR count). The molecule has 0 radical (unpaired) electrons. The quantitative estimate of drug-likeness (QED) is 0.865. The molecule has 1 aromatic carbocycles. The minimum atomic E-state index is -0.704. The largest absolute Gasteiger partial charge is 0.489 e. The van der Waals surface area contributed by atoms with Crippen molar-refractivity contribution in [1.82, 2.24) is 4.90 Å². The SMILES string of the molecule is O=C(O)CC1CCN(CCOc2c(Cl)cccc2Cl)CC1. The van der Waals surface area contributed by atoms with Crippen molar-refractivity contribution in [3.05, 3.63) is 28.2 Å². The third-order valence-corrected chi connectivity index (χ3v) is 4.34. The van der Waals surface area contributed by atoms with Crippen LogP contribution in [-0.4, -0.2) is 42.2 Å². The Bertz CT molecular complexity index is 468. The Kier molecular flexibility index (Phi) is 6.15. The minimum absolute atomic E-state index is 0.277. The number of likely N-dealkylation sites (tertiary alicyclic amines) is 1. The summed E-state index contributed by atoms with van der Waals surface area (Å²) in [5, 5.41) is 9.83. The molecule has 0 atom stereocenters. The standard InChI is InChI=1S/C15H19Cl2NO3/c16-12-2-1-3-13(17)15(12)21-9-8-18-6-4-11(5-7-18)10-14(19)20/h1-3,11H,4-10H2,(H,19,20). The summed E-state index contributed by atoms with van der Waals surface area (Å²) >= 11 is 12.1. The van der Waals surface area contributed by atoms with Crippen molar-refractivity contribution in [2.75, 3.05) is 26.2 Å². The number of halogens is 2. The number of piperidine rings is 1. The lowest BCUT2D eigenvalue weighted by Crippen LogP contribution is -2.37. The van der Waals surface area contributed by atoms with Gasteiger partial charge in [-0.15, -0.1) is 0 Å². The maximum atomic E-state index is 10.7. The van der Waals surface area contributed by atoms with Gasteiger partial charge in [-0.05, 0) is 44.0 Å². The van der Waals surface area contributed by atoms with Gasteiger partial charge in [-0.1, -0.05) is 29.3 Å². The van der Waals surface area contributed by atoms with Crippen LogP contribution in [0, 0.1) is 5.92 Å². The van der Waals surface area contributed by atoms with Crippen molar-refractivity contribution in [1.29, 1.82) is 0 Å². The van der Waals surface area contributed by atoms with Gasteiger partial charge in [-0.2, -0.15) is 0 Å². The lowest BCUT2D eigenvalue weighted by molar-refractivity contribution is -0.138. The third kappa shape index (κ3) is 5.06. The van der Waals surface area contributed by atoms with E-state index in [9.17, 15) is 4.79 Å². The van der Waals surface area contributed by atoms with Crippen molar-refractivity contribution >= 4 is 29.2 Å².